The molecule has 0 radical (unpaired) electrons. The van der Waals surface area contributed by atoms with Crippen molar-refractivity contribution in [3.05, 3.63) is 64.1 Å². The first-order valence-corrected chi connectivity index (χ1v) is 10.4. The van der Waals surface area contributed by atoms with E-state index in [2.05, 4.69) is 20.5 Å². The highest BCUT2D eigenvalue weighted by Crippen LogP contribution is 2.34. The van der Waals surface area contributed by atoms with E-state index in [0.29, 0.717) is 28.0 Å². The van der Waals surface area contributed by atoms with Crippen molar-refractivity contribution >= 4 is 34.4 Å². The molecule has 0 saturated carbocycles. The third kappa shape index (κ3) is 4.30. The third-order valence-electron chi connectivity index (χ3n) is 5.07. The fourth-order valence-electron chi connectivity index (χ4n) is 3.48. The van der Waals surface area contributed by atoms with E-state index in [1.165, 1.54) is 4.68 Å². The zero-order chi connectivity index (χ0) is 24.1. The van der Waals surface area contributed by atoms with Gasteiger partial charge < -0.3 is 5.32 Å². The van der Waals surface area contributed by atoms with Crippen LogP contribution >= 0.6 is 11.6 Å². The largest absolute Gasteiger partial charge is 0.416 e. The lowest BCUT2D eigenvalue weighted by Crippen LogP contribution is -2.17. The second-order valence-electron chi connectivity index (χ2n) is 7.92. The highest BCUT2D eigenvalue weighted by atomic mass is 35.5. The van der Waals surface area contributed by atoms with E-state index in [1.54, 1.807) is 36.9 Å². The minimum atomic E-state index is -4.55. The molecule has 0 saturated heterocycles. The van der Waals surface area contributed by atoms with E-state index >= 15 is 0 Å². The molecule has 11 heteroatoms. The summed E-state index contributed by atoms with van der Waals surface area (Å²) in [7, 11) is 0. The molecule has 4 aromatic rings. The molecular weight excluding hydrogens is 457 g/mol. The van der Waals surface area contributed by atoms with Crippen LogP contribution in [0.2, 0.25) is 5.02 Å². The molecule has 0 bridgehead atoms. The van der Waals surface area contributed by atoms with Crippen molar-refractivity contribution in [1.29, 1.82) is 0 Å². The molecule has 1 aromatic carbocycles. The summed E-state index contributed by atoms with van der Waals surface area (Å²) in [6.07, 6.45) is -2.92. The van der Waals surface area contributed by atoms with E-state index in [4.69, 9.17) is 11.6 Å². The summed E-state index contributed by atoms with van der Waals surface area (Å²) >= 11 is 6.17. The Balaban J connectivity index is 1.72. The van der Waals surface area contributed by atoms with Crippen LogP contribution in [0, 0.1) is 13.8 Å². The number of rotatable bonds is 4. The van der Waals surface area contributed by atoms with Crippen molar-refractivity contribution < 1.29 is 18.0 Å². The second kappa shape index (κ2) is 8.18. The smallest absolute Gasteiger partial charge is 0.306 e. The number of nitrogens with one attached hydrogen (secondary N) is 1. The summed E-state index contributed by atoms with van der Waals surface area (Å²) < 4.78 is 42.6. The van der Waals surface area contributed by atoms with Crippen LogP contribution in [0.3, 0.4) is 0 Å². The van der Waals surface area contributed by atoms with E-state index < -0.39 is 17.6 Å². The first-order chi connectivity index (χ1) is 15.5. The Labute approximate surface area is 192 Å². The Kier molecular flexibility index (Phi) is 5.65. The van der Waals surface area contributed by atoms with Crippen LogP contribution in [-0.4, -0.2) is 30.5 Å². The Hall–Kier alpha value is -3.40. The number of pyridine rings is 1. The maximum absolute atomic E-state index is 13.2. The molecule has 1 N–H and O–H groups in total. The Morgan fingerprint density at radius 1 is 1.15 bits per heavy atom. The van der Waals surface area contributed by atoms with Crippen molar-refractivity contribution in [2.75, 3.05) is 5.32 Å². The van der Waals surface area contributed by atoms with Crippen LogP contribution in [0.25, 0.3) is 16.7 Å². The average molecular weight is 477 g/mol. The molecule has 0 spiro atoms. The van der Waals surface area contributed by atoms with Gasteiger partial charge in [-0.3, -0.25) is 4.79 Å². The zero-order valence-corrected chi connectivity index (χ0v) is 19.0. The number of hydrogen-bond donors (Lipinski definition) is 1. The van der Waals surface area contributed by atoms with Gasteiger partial charge in [0.2, 0.25) is 0 Å². The van der Waals surface area contributed by atoms with Gasteiger partial charge in [0.05, 0.1) is 39.4 Å². The van der Waals surface area contributed by atoms with Gasteiger partial charge in [0.1, 0.15) is 5.82 Å². The summed E-state index contributed by atoms with van der Waals surface area (Å²) in [6.45, 7) is 7.32. The van der Waals surface area contributed by atoms with Crippen LogP contribution in [0.5, 0.6) is 0 Å². The van der Waals surface area contributed by atoms with Crippen molar-refractivity contribution in [3.63, 3.8) is 0 Å². The molecule has 0 atom stereocenters. The van der Waals surface area contributed by atoms with Crippen LogP contribution in [0.15, 0.2) is 36.5 Å². The summed E-state index contributed by atoms with van der Waals surface area (Å²) in [4.78, 5) is 17.6. The van der Waals surface area contributed by atoms with Gasteiger partial charge >= 0.3 is 6.18 Å². The Bertz CT molecular complexity index is 1370. The highest BCUT2D eigenvalue weighted by molar-refractivity contribution is 6.32. The molecule has 0 aliphatic rings. The number of fused-ring (bicyclic) bond motifs is 1. The van der Waals surface area contributed by atoms with Gasteiger partial charge in [-0.05, 0) is 52.0 Å². The lowest BCUT2D eigenvalue weighted by atomic mass is 10.1. The van der Waals surface area contributed by atoms with Crippen LogP contribution < -0.4 is 5.32 Å². The predicted molar refractivity (Wildman–Crippen MR) is 119 cm³/mol. The molecule has 0 aliphatic heterocycles. The molecule has 3 heterocycles. The number of carbonyl (C=O) groups excluding carboxylic acids is 1. The molecule has 1 amide bonds. The van der Waals surface area contributed by atoms with Gasteiger partial charge in [-0.1, -0.05) is 11.6 Å². The minimum absolute atomic E-state index is 0.00148. The molecule has 0 aliphatic carbocycles. The maximum Gasteiger partial charge on any atom is 0.416 e. The number of halogens is 4. The first-order valence-electron chi connectivity index (χ1n) is 10.1. The lowest BCUT2D eigenvalue weighted by Gasteiger charge is -2.14. The minimum Gasteiger partial charge on any atom is -0.306 e. The summed E-state index contributed by atoms with van der Waals surface area (Å²) in [5, 5.41) is 12.0. The van der Waals surface area contributed by atoms with E-state index in [-0.39, 0.29) is 22.6 Å². The molecule has 0 unspecified atom stereocenters. The normalized spacial score (nSPS) is 12.0. The van der Waals surface area contributed by atoms with E-state index in [9.17, 15) is 18.0 Å². The Morgan fingerprint density at radius 2 is 1.88 bits per heavy atom. The quantitative estimate of drug-likeness (QED) is 0.407. The Morgan fingerprint density at radius 3 is 2.55 bits per heavy atom. The summed E-state index contributed by atoms with van der Waals surface area (Å²) in [6, 6.07) is 6.27. The number of anilines is 1. The fraction of sp³-hybridized carbons (Fsp3) is 0.273. The third-order valence-corrected chi connectivity index (χ3v) is 5.39. The van der Waals surface area contributed by atoms with Gasteiger partial charge in [-0.2, -0.15) is 23.4 Å². The lowest BCUT2D eigenvalue weighted by molar-refractivity contribution is -0.137. The van der Waals surface area contributed by atoms with Gasteiger partial charge in [0.25, 0.3) is 5.91 Å². The van der Waals surface area contributed by atoms with Crippen molar-refractivity contribution in [1.82, 2.24) is 24.5 Å². The molecule has 4 rings (SSSR count). The number of carbonyl (C=O) groups is 1. The second-order valence-corrected chi connectivity index (χ2v) is 8.33. The van der Waals surface area contributed by atoms with Gasteiger partial charge in [-0.25, -0.2) is 14.3 Å². The number of nitrogens with zero attached hydrogens (tertiary/aromatic N) is 5. The SMILES string of the molecule is Cc1cc(NC(=O)c2cc3cnn(C(C)C)c3nc2C)n(-c2cc(C(F)(F)F)ccc2Cl)n1. The molecule has 33 heavy (non-hydrogen) atoms. The number of aromatic nitrogens is 5. The molecular formula is C22H20ClF3N6O. The van der Waals surface area contributed by atoms with E-state index in [1.807, 2.05) is 13.8 Å². The van der Waals surface area contributed by atoms with Crippen LogP contribution in [0.1, 0.15) is 47.2 Å². The standard InChI is InChI=1S/C22H20ClF3N6O/c1-11(2)31-20-14(10-27-31)8-16(13(4)28-20)21(33)29-19-7-12(3)30-32(19)18-9-15(22(24,25)26)5-6-17(18)23/h5-11H,1-4H3,(H,29,33). The topological polar surface area (TPSA) is 77.6 Å². The summed E-state index contributed by atoms with van der Waals surface area (Å²) in [5.74, 6) is -0.306. The molecule has 3 aromatic heterocycles. The van der Waals surface area contributed by atoms with Crippen LogP contribution in [-0.2, 0) is 6.18 Å². The van der Waals surface area contributed by atoms with E-state index in [0.717, 1.165) is 18.2 Å². The summed E-state index contributed by atoms with van der Waals surface area (Å²) in [5.41, 5.74) is 1.07. The number of hydrogen-bond acceptors (Lipinski definition) is 4. The molecule has 0 fully saturated rings. The van der Waals surface area contributed by atoms with Crippen molar-refractivity contribution in [2.45, 2.75) is 39.9 Å². The number of benzene rings is 1. The van der Waals surface area contributed by atoms with Crippen molar-refractivity contribution in [3.8, 4) is 5.69 Å². The van der Waals surface area contributed by atoms with Gasteiger partial charge in [-0.15, -0.1) is 0 Å². The zero-order valence-electron chi connectivity index (χ0n) is 18.2. The highest BCUT2D eigenvalue weighted by Gasteiger charge is 2.31. The average Bonchev–Trinajstić information content (AvgIpc) is 3.29. The maximum atomic E-state index is 13.2. The molecule has 172 valence electrons. The van der Waals surface area contributed by atoms with Gasteiger partial charge in [0.15, 0.2) is 5.65 Å². The monoisotopic (exact) mass is 476 g/mol. The van der Waals surface area contributed by atoms with Gasteiger partial charge in [0, 0.05) is 17.5 Å². The molecule has 7 nitrogen and oxygen atoms in total. The number of aryl methyl sites for hydroxylation is 2. The number of amides is 1. The van der Waals surface area contributed by atoms with Crippen LogP contribution in [0.4, 0.5) is 19.0 Å². The number of alkyl halides is 3. The fourth-order valence-corrected chi connectivity index (χ4v) is 3.68. The van der Waals surface area contributed by atoms with Crippen molar-refractivity contribution in [2.24, 2.45) is 0 Å². The first kappa shape index (κ1) is 22.8. The predicted octanol–water partition coefficient (Wildman–Crippen LogP) is 5.74.